The Morgan fingerprint density at radius 1 is 1.43 bits per heavy atom. The fraction of sp³-hybridized carbons (Fsp3) is 0.562. The lowest BCUT2D eigenvalue weighted by atomic mass is 10.1. The number of morpholine rings is 1. The average Bonchev–Trinajstić information content (AvgIpc) is 2.52. The van der Waals surface area contributed by atoms with Crippen LogP contribution in [-0.4, -0.2) is 63.4 Å². The topological polar surface area (TPSA) is 50.8 Å². The third kappa shape index (κ3) is 4.81. The van der Waals surface area contributed by atoms with Gasteiger partial charge in [-0.3, -0.25) is 4.79 Å². The third-order valence-electron chi connectivity index (χ3n) is 3.58. The zero-order valence-electron chi connectivity index (χ0n) is 12.8. The van der Waals surface area contributed by atoms with Crippen LogP contribution < -0.4 is 5.32 Å². The monoisotopic (exact) mass is 292 g/mol. The average molecular weight is 292 g/mol. The van der Waals surface area contributed by atoms with E-state index in [9.17, 15) is 4.79 Å². The van der Waals surface area contributed by atoms with E-state index in [1.807, 2.05) is 36.1 Å². The van der Waals surface area contributed by atoms with E-state index < -0.39 is 0 Å². The van der Waals surface area contributed by atoms with Gasteiger partial charge in [0.15, 0.2) is 0 Å². The quantitative estimate of drug-likeness (QED) is 0.852. The molecular weight excluding hydrogens is 268 g/mol. The lowest BCUT2D eigenvalue weighted by Gasteiger charge is -2.30. The Hall–Kier alpha value is -1.43. The first-order valence-electron chi connectivity index (χ1n) is 7.38. The first-order chi connectivity index (χ1) is 10.2. The van der Waals surface area contributed by atoms with Crippen LogP contribution in [0.15, 0.2) is 24.3 Å². The summed E-state index contributed by atoms with van der Waals surface area (Å²) < 4.78 is 10.8. The molecule has 1 aliphatic heterocycles. The van der Waals surface area contributed by atoms with E-state index in [0.29, 0.717) is 31.9 Å². The van der Waals surface area contributed by atoms with Gasteiger partial charge >= 0.3 is 0 Å². The van der Waals surface area contributed by atoms with Crippen molar-refractivity contribution in [2.45, 2.75) is 13.0 Å². The van der Waals surface area contributed by atoms with E-state index in [1.165, 1.54) is 0 Å². The van der Waals surface area contributed by atoms with Crippen LogP contribution in [0.4, 0.5) is 0 Å². The maximum absolute atomic E-state index is 12.6. The van der Waals surface area contributed by atoms with E-state index >= 15 is 0 Å². The number of carbonyl (C=O) groups is 1. The maximum Gasteiger partial charge on any atom is 0.254 e. The van der Waals surface area contributed by atoms with Gasteiger partial charge in [-0.05, 0) is 19.1 Å². The molecule has 0 radical (unpaired) electrons. The highest BCUT2D eigenvalue weighted by atomic mass is 16.5. The van der Waals surface area contributed by atoms with Crippen LogP contribution in [0.1, 0.15) is 15.9 Å². The molecule has 1 amide bonds. The Morgan fingerprint density at radius 2 is 2.19 bits per heavy atom. The Bertz CT molecular complexity index is 441. The molecule has 1 atom stereocenters. The Labute approximate surface area is 126 Å². The smallest absolute Gasteiger partial charge is 0.254 e. The summed E-state index contributed by atoms with van der Waals surface area (Å²) in [6.07, 6.45) is 0.0463. The van der Waals surface area contributed by atoms with E-state index in [1.54, 1.807) is 7.11 Å². The van der Waals surface area contributed by atoms with Gasteiger partial charge in [-0.1, -0.05) is 17.7 Å². The predicted molar refractivity (Wildman–Crippen MR) is 81.6 cm³/mol. The number of ether oxygens (including phenoxy) is 2. The molecular formula is C16H24N2O3. The minimum atomic E-state index is 0.0289. The van der Waals surface area contributed by atoms with Crippen molar-refractivity contribution in [3.8, 4) is 0 Å². The molecule has 1 aromatic carbocycles. The van der Waals surface area contributed by atoms with Crippen molar-refractivity contribution in [2.24, 2.45) is 0 Å². The van der Waals surface area contributed by atoms with E-state index in [2.05, 4.69) is 5.32 Å². The molecule has 1 saturated heterocycles. The Kier molecular flexibility index (Phi) is 6.17. The van der Waals surface area contributed by atoms with Crippen molar-refractivity contribution in [1.82, 2.24) is 10.2 Å². The lowest BCUT2D eigenvalue weighted by Crippen LogP contribution is -2.47. The number of methoxy groups -OCH3 is 1. The Balaban J connectivity index is 2.02. The number of nitrogens with zero attached hydrogens (tertiary/aromatic N) is 1. The predicted octanol–water partition coefficient (Wildman–Crippen LogP) is 1.07. The summed E-state index contributed by atoms with van der Waals surface area (Å²) in [5.74, 6) is 0.0289. The summed E-state index contributed by atoms with van der Waals surface area (Å²) in [6, 6.07) is 7.66. The number of hydrogen-bond acceptors (Lipinski definition) is 4. The zero-order chi connectivity index (χ0) is 15.1. The van der Waals surface area contributed by atoms with Gasteiger partial charge in [0.25, 0.3) is 5.91 Å². The van der Waals surface area contributed by atoms with Gasteiger partial charge in [0.1, 0.15) is 0 Å². The fourth-order valence-electron chi connectivity index (χ4n) is 2.34. The van der Waals surface area contributed by atoms with Gasteiger partial charge in [0, 0.05) is 38.9 Å². The lowest BCUT2D eigenvalue weighted by molar-refractivity contribution is 0.00296. The molecule has 1 fully saturated rings. The molecule has 0 saturated carbocycles. The highest BCUT2D eigenvalue weighted by Gasteiger charge is 2.22. The van der Waals surface area contributed by atoms with Crippen molar-refractivity contribution >= 4 is 5.91 Å². The second-order valence-electron chi connectivity index (χ2n) is 5.31. The van der Waals surface area contributed by atoms with Gasteiger partial charge < -0.3 is 19.7 Å². The molecule has 0 aromatic heterocycles. The van der Waals surface area contributed by atoms with Crippen LogP contribution in [0, 0.1) is 6.92 Å². The highest BCUT2D eigenvalue weighted by Crippen LogP contribution is 2.09. The molecule has 0 bridgehead atoms. The molecule has 1 heterocycles. The molecule has 5 heteroatoms. The van der Waals surface area contributed by atoms with Crippen LogP contribution in [0.2, 0.25) is 0 Å². The first kappa shape index (κ1) is 15.9. The number of carbonyl (C=O) groups excluding carboxylic acids is 1. The molecule has 5 nitrogen and oxygen atoms in total. The zero-order valence-corrected chi connectivity index (χ0v) is 12.8. The summed E-state index contributed by atoms with van der Waals surface area (Å²) >= 11 is 0. The summed E-state index contributed by atoms with van der Waals surface area (Å²) in [5, 5.41) is 3.29. The minimum absolute atomic E-state index is 0.0289. The maximum atomic E-state index is 12.6. The SMILES string of the molecule is COCCN(CC1CNCCO1)C(=O)c1ccc(C)cc1. The number of aryl methyl sites for hydroxylation is 1. The second-order valence-corrected chi connectivity index (χ2v) is 5.31. The van der Waals surface area contributed by atoms with Crippen LogP contribution in [0.3, 0.4) is 0 Å². The van der Waals surface area contributed by atoms with Gasteiger partial charge in [-0.25, -0.2) is 0 Å². The summed E-state index contributed by atoms with van der Waals surface area (Å²) in [5.41, 5.74) is 1.86. The number of hydrogen-bond donors (Lipinski definition) is 1. The van der Waals surface area contributed by atoms with Gasteiger partial charge in [-0.15, -0.1) is 0 Å². The number of benzene rings is 1. The molecule has 116 valence electrons. The first-order valence-corrected chi connectivity index (χ1v) is 7.38. The third-order valence-corrected chi connectivity index (χ3v) is 3.58. The standard InChI is InChI=1S/C16H24N2O3/c1-13-3-5-14(6-4-13)16(19)18(8-10-20-2)12-15-11-17-7-9-21-15/h3-6,15,17H,7-12H2,1-2H3. The van der Waals surface area contributed by atoms with E-state index in [-0.39, 0.29) is 12.0 Å². The molecule has 1 aliphatic rings. The van der Waals surface area contributed by atoms with Crippen LogP contribution >= 0.6 is 0 Å². The summed E-state index contributed by atoms with van der Waals surface area (Å²) in [7, 11) is 1.65. The van der Waals surface area contributed by atoms with Gasteiger partial charge in [0.05, 0.1) is 19.3 Å². The fourth-order valence-corrected chi connectivity index (χ4v) is 2.34. The molecule has 1 aromatic rings. The number of nitrogens with one attached hydrogen (secondary N) is 1. The Morgan fingerprint density at radius 3 is 2.81 bits per heavy atom. The molecule has 2 rings (SSSR count). The summed E-state index contributed by atoms with van der Waals surface area (Å²) in [4.78, 5) is 14.4. The van der Waals surface area contributed by atoms with Gasteiger partial charge in [-0.2, -0.15) is 0 Å². The molecule has 21 heavy (non-hydrogen) atoms. The van der Waals surface area contributed by atoms with E-state index in [4.69, 9.17) is 9.47 Å². The van der Waals surface area contributed by atoms with Crippen molar-refractivity contribution in [3.63, 3.8) is 0 Å². The normalized spacial score (nSPS) is 18.5. The van der Waals surface area contributed by atoms with Crippen molar-refractivity contribution in [1.29, 1.82) is 0 Å². The van der Waals surface area contributed by atoms with Crippen LogP contribution in [-0.2, 0) is 9.47 Å². The molecule has 0 spiro atoms. The summed E-state index contributed by atoms with van der Waals surface area (Å²) in [6.45, 7) is 6.05. The number of amides is 1. The molecule has 1 N–H and O–H groups in total. The molecule has 1 unspecified atom stereocenters. The van der Waals surface area contributed by atoms with Crippen molar-refractivity contribution in [3.05, 3.63) is 35.4 Å². The highest BCUT2D eigenvalue weighted by molar-refractivity contribution is 5.94. The van der Waals surface area contributed by atoms with Gasteiger partial charge in [0.2, 0.25) is 0 Å². The van der Waals surface area contributed by atoms with Crippen LogP contribution in [0.5, 0.6) is 0 Å². The number of rotatable bonds is 6. The second kappa shape index (κ2) is 8.12. The molecule has 0 aliphatic carbocycles. The largest absolute Gasteiger partial charge is 0.383 e. The van der Waals surface area contributed by atoms with Crippen LogP contribution in [0.25, 0.3) is 0 Å². The van der Waals surface area contributed by atoms with E-state index in [0.717, 1.165) is 18.7 Å². The van der Waals surface area contributed by atoms with Crippen molar-refractivity contribution < 1.29 is 14.3 Å². The van der Waals surface area contributed by atoms with Crippen molar-refractivity contribution in [2.75, 3.05) is 46.5 Å². The minimum Gasteiger partial charge on any atom is -0.383 e.